The second-order valence-electron chi connectivity index (χ2n) is 8.29. The summed E-state index contributed by atoms with van der Waals surface area (Å²) in [6.07, 6.45) is -3.42. The number of rotatable bonds is 3. The Hall–Kier alpha value is -4.20. The number of nitriles is 1. The third-order valence-electron chi connectivity index (χ3n) is 4.84. The van der Waals surface area contributed by atoms with Crippen LogP contribution in [0.3, 0.4) is 0 Å². The van der Waals surface area contributed by atoms with Crippen LogP contribution in [-0.4, -0.2) is 30.3 Å². The molecule has 0 bridgehead atoms. The lowest BCUT2D eigenvalue weighted by Crippen LogP contribution is -2.20. The summed E-state index contributed by atoms with van der Waals surface area (Å²) in [5.41, 5.74) is -1.22. The Kier molecular flexibility index (Phi) is 5.16. The molecule has 0 aliphatic heterocycles. The Bertz CT molecular complexity index is 1390. The molecule has 0 saturated heterocycles. The van der Waals surface area contributed by atoms with E-state index in [1.165, 1.54) is 16.9 Å². The van der Waals surface area contributed by atoms with Crippen molar-refractivity contribution in [1.29, 1.82) is 5.26 Å². The number of carbonyl (C=O) groups excluding carboxylic acids is 1. The van der Waals surface area contributed by atoms with Gasteiger partial charge in [-0.25, -0.2) is 14.2 Å². The standard InChI is InChI=1S/C22H18F3N7O/c1-21(2,3)16-10-17(22(23,24)25)32-18(28-16)9-15(30-32)20(33)29-19-13(11-26)12-27-31(19)14-7-5-4-6-8-14/h4-10,12H,1-3H3,(H,29,33). The van der Waals surface area contributed by atoms with E-state index in [-0.39, 0.29) is 28.4 Å². The molecule has 33 heavy (non-hydrogen) atoms. The van der Waals surface area contributed by atoms with E-state index in [9.17, 15) is 23.2 Å². The van der Waals surface area contributed by atoms with Crippen molar-refractivity contribution < 1.29 is 18.0 Å². The minimum Gasteiger partial charge on any atom is -0.304 e. The molecule has 0 atom stereocenters. The number of amides is 1. The molecule has 3 aromatic heterocycles. The number of nitrogens with zero attached hydrogens (tertiary/aromatic N) is 6. The minimum absolute atomic E-state index is 0.0742. The zero-order chi connectivity index (χ0) is 24.0. The number of nitrogens with one attached hydrogen (secondary N) is 1. The first-order chi connectivity index (χ1) is 15.5. The zero-order valence-electron chi connectivity index (χ0n) is 17.8. The SMILES string of the molecule is CC(C)(C)c1cc(C(F)(F)F)n2nc(C(=O)Nc3c(C#N)cnn3-c3ccccc3)cc2n1. The molecule has 0 spiro atoms. The maximum atomic E-state index is 13.7. The van der Waals surface area contributed by atoms with Gasteiger partial charge in [0.1, 0.15) is 17.3 Å². The molecule has 4 rings (SSSR count). The van der Waals surface area contributed by atoms with Crippen LogP contribution in [0.25, 0.3) is 11.3 Å². The highest BCUT2D eigenvalue weighted by atomic mass is 19.4. The molecule has 0 saturated carbocycles. The number of alkyl halides is 3. The molecule has 1 N–H and O–H groups in total. The number of halogens is 3. The molecule has 11 heteroatoms. The predicted octanol–water partition coefficient (Wildman–Crippen LogP) is 4.36. The van der Waals surface area contributed by atoms with Gasteiger partial charge in [-0.15, -0.1) is 0 Å². The van der Waals surface area contributed by atoms with Gasteiger partial charge in [-0.2, -0.15) is 28.6 Å². The fraction of sp³-hybridized carbons (Fsp3) is 0.227. The number of fused-ring (bicyclic) bond motifs is 1. The number of carbonyl (C=O) groups is 1. The lowest BCUT2D eigenvalue weighted by molar-refractivity contribution is -0.142. The monoisotopic (exact) mass is 453 g/mol. The third kappa shape index (κ3) is 4.15. The van der Waals surface area contributed by atoms with Crippen LogP contribution in [0, 0.1) is 11.3 Å². The molecule has 3 heterocycles. The third-order valence-corrected chi connectivity index (χ3v) is 4.84. The second kappa shape index (κ2) is 7.74. The van der Waals surface area contributed by atoms with Gasteiger partial charge in [-0.05, 0) is 18.2 Å². The summed E-state index contributed by atoms with van der Waals surface area (Å²) >= 11 is 0. The van der Waals surface area contributed by atoms with Crippen molar-refractivity contribution in [2.75, 3.05) is 5.32 Å². The fourth-order valence-electron chi connectivity index (χ4n) is 3.16. The molecule has 4 aromatic rings. The topological polar surface area (TPSA) is 101 Å². The van der Waals surface area contributed by atoms with Gasteiger partial charge in [-0.1, -0.05) is 39.0 Å². The van der Waals surface area contributed by atoms with Crippen molar-refractivity contribution >= 4 is 17.4 Å². The highest BCUT2D eigenvalue weighted by molar-refractivity contribution is 6.03. The van der Waals surface area contributed by atoms with Crippen molar-refractivity contribution in [2.45, 2.75) is 32.4 Å². The van der Waals surface area contributed by atoms with Gasteiger partial charge in [0.25, 0.3) is 5.91 Å². The van der Waals surface area contributed by atoms with Crippen molar-refractivity contribution in [1.82, 2.24) is 24.4 Å². The molecule has 1 amide bonds. The van der Waals surface area contributed by atoms with Gasteiger partial charge in [0, 0.05) is 11.5 Å². The summed E-state index contributed by atoms with van der Waals surface area (Å²) in [6.45, 7) is 5.22. The minimum atomic E-state index is -4.71. The van der Waals surface area contributed by atoms with Crippen LogP contribution in [0.15, 0.2) is 48.7 Å². The number of aromatic nitrogens is 5. The number of anilines is 1. The van der Waals surface area contributed by atoms with E-state index in [2.05, 4.69) is 20.5 Å². The number of para-hydroxylation sites is 1. The van der Waals surface area contributed by atoms with Crippen LogP contribution in [0.2, 0.25) is 0 Å². The van der Waals surface area contributed by atoms with Crippen molar-refractivity contribution in [3.8, 4) is 11.8 Å². The molecule has 0 unspecified atom stereocenters. The average molecular weight is 453 g/mol. The predicted molar refractivity (Wildman–Crippen MR) is 113 cm³/mol. The van der Waals surface area contributed by atoms with Crippen molar-refractivity contribution in [3.63, 3.8) is 0 Å². The van der Waals surface area contributed by atoms with Crippen LogP contribution in [0.5, 0.6) is 0 Å². The van der Waals surface area contributed by atoms with Crippen LogP contribution < -0.4 is 5.32 Å². The summed E-state index contributed by atoms with van der Waals surface area (Å²) in [5.74, 6) is -0.731. The van der Waals surface area contributed by atoms with Crippen molar-refractivity contribution in [2.24, 2.45) is 0 Å². The summed E-state index contributed by atoms with van der Waals surface area (Å²) in [5, 5.41) is 19.9. The maximum Gasteiger partial charge on any atom is 0.433 e. The van der Waals surface area contributed by atoms with Crippen molar-refractivity contribution in [3.05, 3.63) is 71.3 Å². The average Bonchev–Trinajstić information content (AvgIpc) is 3.36. The Morgan fingerprint density at radius 1 is 1.12 bits per heavy atom. The van der Waals surface area contributed by atoms with E-state index in [0.717, 1.165) is 6.07 Å². The summed E-state index contributed by atoms with van der Waals surface area (Å²) in [4.78, 5) is 17.2. The smallest absolute Gasteiger partial charge is 0.304 e. The lowest BCUT2D eigenvalue weighted by Gasteiger charge is -2.19. The van der Waals surface area contributed by atoms with E-state index in [4.69, 9.17) is 0 Å². The molecule has 0 aliphatic rings. The van der Waals surface area contributed by atoms with Gasteiger partial charge in [0.2, 0.25) is 0 Å². The molecule has 0 fully saturated rings. The Morgan fingerprint density at radius 3 is 2.42 bits per heavy atom. The van der Waals surface area contributed by atoms with Gasteiger partial charge in [0.15, 0.2) is 17.2 Å². The fourth-order valence-corrected chi connectivity index (χ4v) is 3.16. The van der Waals surface area contributed by atoms with Crippen LogP contribution in [0.4, 0.5) is 19.0 Å². The number of benzene rings is 1. The number of hydrogen-bond acceptors (Lipinski definition) is 5. The summed E-state index contributed by atoms with van der Waals surface area (Å²) in [7, 11) is 0. The van der Waals surface area contributed by atoms with Gasteiger partial charge >= 0.3 is 6.18 Å². The quantitative estimate of drug-likeness (QED) is 0.497. The first-order valence-corrected chi connectivity index (χ1v) is 9.82. The van der Waals surface area contributed by atoms with E-state index >= 15 is 0 Å². The largest absolute Gasteiger partial charge is 0.433 e. The molecule has 1 aromatic carbocycles. The molecular weight excluding hydrogens is 435 g/mol. The molecule has 168 valence electrons. The van der Waals surface area contributed by atoms with Crippen LogP contribution in [-0.2, 0) is 11.6 Å². The normalized spacial score (nSPS) is 12.0. The zero-order valence-corrected chi connectivity index (χ0v) is 17.8. The number of hydrogen-bond donors (Lipinski definition) is 1. The van der Waals surface area contributed by atoms with Gasteiger partial charge in [0.05, 0.1) is 17.6 Å². The van der Waals surface area contributed by atoms with Crippen LogP contribution in [0.1, 0.15) is 48.2 Å². The molecular formula is C22H18F3N7O. The van der Waals surface area contributed by atoms with Gasteiger partial charge < -0.3 is 5.32 Å². The highest BCUT2D eigenvalue weighted by Crippen LogP contribution is 2.32. The van der Waals surface area contributed by atoms with Crippen LogP contribution >= 0.6 is 0 Å². The van der Waals surface area contributed by atoms with E-state index in [0.29, 0.717) is 10.2 Å². The van der Waals surface area contributed by atoms with E-state index in [1.807, 2.05) is 6.07 Å². The van der Waals surface area contributed by atoms with Gasteiger partial charge in [-0.3, -0.25) is 4.79 Å². The highest BCUT2D eigenvalue weighted by Gasteiger charge is 2.36. The first kappa shape index (κ1) is 22.0. The maximum absolute atomic E-state index is 13.7. The molecule has 0 aliphatic carbocycles. The van der Waals surface area contributed by atoms with E-state index in [1.54, 1.807) is 51.1 Å². The molecule has 8 nitrogen and oxygen atoms in total. The lowest BCUT2D eigenvalue weighted by atomic mass is 9.91. The summed E-state index contributed by atoms with van der Waals surface area (Å²) < 4.78 is 43.1. The van der Waals surface area contributed by atoms with E-state index < -0.39 is 23.2 Å². The Balaban J connectivity index is 1.78. The first-order valence-electron chi connectivity index (χ1n) is 9.82. The second-order valence-corrected chi connectivity index (χ2v) is 8.29. The Labute approximate surface area is 186 Å². The summed E-state index contributed by atoms with van der Waals surface area (Å²) in [6, 6.07) is 12.8. The Morgan fingerprint density at radius 2 is 1.82 bits per heavy atom. The molecule has 0 radical (unpaired) electrons.